The second-order valence-corrected chi connectivity index (χ2v) is 7.71. The van der Waals surface area contributed by atoms with Crippen molar-refractivity contribution in [1.82, 2.24) is 5.32 Å². The Hall–Kier alpha value is -1.68. The molecule has 1 rings (SSSR count). The number of hydrogen-bond acceptors (Lipinski definition) is 7. The second kappa shape index (κ2) is 7.26. The predicted molar refractivity (Wildman–Crippen MR) is 77.9 cm³/mol. The summed E-state index contributed by atoms with van der Waals surface area (Å²) >= 11 is 0. The maximum absolute atomic E-state index is 11.8. The molecular weight excluding hydrogens is 330 g/mol. The predicted octanol–water partition coefficient (Wildman–Crippen LogP) is -0.346. The van der Waals surface area contributed by atoms with Crippen molar-refractivity contribution in [3.8, 4) is 0 Å². The number of amides is 1. The largest absolute Gasteiger partial charge is 0.451 e. The molecule has 10 heteroatoms. The van der Waals surface area contributed by atoms with E-state index in [4.69, 9.17) is 14.0 Å². The van der Waals surface area contributed by atoms with Crippen molar-refractivity contribution in [3.05, 3.63) is 0 Å². The average Bonchev–Trinajstić information content (AvgIpc) is 2.37. The Bertz CT molecular complexity index is 583. The Kier molecular flexibility index (Phi) is 6.11. The summed E-state index contributed by atoms with van der Waals surface area (Å²) in [4.78, 5) is 34.3. The summed E-state index contributed by atoms with van der Waals surface area (Å²) in [7, 11) is -4.18. The molecular formula is C13H21NO8S. The van der Waals surface area contributed by atoms with E-state index in [-0.39, 0.29) is 18.7 Å². The zero-order valence-corrected chi connectivity index (χ0v) is 14.0. The van der Waals surface area contributed by atoms with Gasteiger partial charge in [-0.3, -0.25) is 9.35 Å². The van der Waals surface area contributed by atoms with Crippen LogP contribution in [-0.4, -0.2) is 55.3 Å². The molecule has 0 radical (unpaired) electrons. The molecule has 23 heavy (non-hydrogen) atoms. The first-order valence-electron chi connectivity index (χ1n) is 6.99. The molecule has 9 nitrogen and oxygen atoms in total. The van der Waals surface area contributed by atoms with Crippen LogP contribution < -0.4 is 5.32 Å². The summed E-state index contributed by atoms with van der Waals surface area (Å²) < 4.78 is 40.4. The van der Waals surface area contributed by atoms with Gasteiger partial charge in [0, 0.05) is 18.4 Å². The molecule has 0 aromatic heterocycles. The van der Waals surface area contributed by atoms with Crippen LogP contribution in [0.3, 0.4) is 0 Å². The summed E-state index contributed by atoms with van der Waals surface area (Å²) in [6.45, 7) is 4.10. The average molecular weight is 351 g/mol. The maximum atomic E-state index is 11.8. The first-order chi connectivity index (χ1) is 10.4. The molecule has 0 bridgehead atoms. The van der Waals surface area contributed by atoms with Crippen molar-refractivity contribution in [2.75, 3.05) is 12.4 Å². The van der Waals surface area contributed by atoms with Gasteiger partial charge in [0.15, 0.2) is 6.61 Å². The van der Waals surface area contributed by atoms with Crippen LogP contribution in [-0.2, 0) is 34.0 Å². The molecule has 1 aliphatic heterocycles. The van der Waals surface area contributed by atoms with Crippen LogP contribution in [0.25, 0.3) is 0 Å². The minimum atomic E-state index is -4.18. The molecule has 0 aromatic carbocycles. The van der Waals surface area contributed by atoms with E-state index in [0.29, 0.717) is 0 Å². The smallest absolute Gasteiger partial charge is 0.348 e. The quantitative estimate of drug-likeness (QED) is 0.469. The van der Waals surface area contributed by atoms with Gasteiger partial charge in [-0.15, -0.1) is 0 Å². The first-order valence-corrected chi connectivity index (χ1v) is 8.60. The SMILES string of the molecule is CC(=O)NC(CCS(=O)(=O)O)CC(C)(C)C1OC(=O)COC1=O. The monoisotopic (exact) mass is 351 g/mol. The fraction of sp³-hybridized carbons (Fsp3) is 0.769. The Morgan fingerprint density at radius 2 is 2.04 bits per heavy atom. The first kappa shape index (κ1) is 19.4. The number of hydrogen-bond donors (Lipinski definition) is 2. The van der Waals surface area contributed by atoms with E-state index in [0.717, 1.165) is 0 Å². The van der Waals surface area contributed by atoms with Gasteiger partial charge in [0.05, 0.1) is 5.75 Å². The zero-order valence-electron chi connectivity index (χ0n) is 13.2. The lowest BCUT2D eigenvalue weighted by Crippen LogP contribution is -2.49. The number of carbonyl (C=O) groups is 3. The van der Waals surface area contributed by atoms with E-state index >= 15 is 0 Å². The van der Waals surface area contributed by atoms with Crippen LogP contribution in [0.5, 0.6) is 0 Å². The molecule has 2 atom stereocenters. The van der Waals surface area contributed by atoms with E-state index in [1.165, 1.54) is 6.92 Å². The molecule has 0 aromatic rings. The van der Waals surface area contributed by atoms with Gasteiger partial charge >= 0.3 is 11.9 Å². The maximum Gasteiger partial charge on any atom is 0.348 e. The number of nitrogens with one attached hydrogen (secondary N) is 1. The molecule has 0 saturated carbocycles. The van der Waals surface area contributed by atoms with Gasteiger partial charge < -0.3 is 14.8 Å². The number of carbonyl (C=O) groups excluding carboxylic acids is 3. The molecule has 1 fully saturated rings. The van der Waals surface area contributed by atoms with E-state index in [9.17, 15) is 22.8 Å². The third-order valence-electron chi connectivity index (χ3n) is 3.41. The lowest BCUT2D eigenvalue weighted by Gasteiger charge is -2.36. The van der Waals surface area contributed by atoms with Crippen molar-refractivity contribution in [3.63, 3.8) is 0 Å². The molecule has 1 amide bonds. The Morgan fingerprint density at radius 1 is 1.43 bits per heavy atom. The van der Waals surface area contributed by atoms with Gasteiger partial charge in [-0.25, -0.2) is 9.59 Å². The normalized spacial score (nSPS) is 20.4. The minimum absolute atomic E-state index is 0.0441. The molecule has 0 aliphatic carbocycles. The highest BCUT2D eigenvalue weighted by Crippen LogP contribution is 2.32. The van der Waals surface area contributed by atoms with Gasteiger partial charge in [0.2, 0.25) is 12.0 Å². The summed E-state index contributed by atoms with van der Waals surface area (Å²) in [6.07, 6.45) is -1.04. The molecule has 0 spiro atoms. The molecule has 1 saturated heterocycles. The third kappa shape index (κ3) is 6.53. The Morgan fingerprint density at radius 3 is 2.57 bits per heavy atom. The molecule has 1 aliphatic rings. The van der Waals surface area contributed by atoms with Crippen molar-refractivity contribution in [2.45, 2.75) is 45.8 Å². The molecule has 132 valence electrons. The molecule has 2 N–H and O–H groups in total. The van der Waals surface area contributed by atoms with Crippen molar-refractivity contribution in [1.29, 1.82) is 0 Å². The fourth-order valence-electron chi connectivity index (χ4n) is 2.44. The summed E-state index contributed by atoms with van der Waals surface area (Å²) in [6, 6.07) is -0.627. The molecule has 1 heterocycles. The van der Waals surface area contributed by atoms with E-state index in [1.54, 1.807) is 13.8 Å². The van der Waals surface area contributed by atoms with Gasteiger partial charge in [0.1, 0.15) is 0 Å². The van der Waals surface area contributed by atoms with Crippen LogP contribution >= 0.6 is 0 Å². The van der Waals surface area contributed by atoms with Crippen LogP contribution in [0.1, 0.15) is 33.6 Å². The summed E-state index contributed by atoms with van der Waals surface area (Å²) in [5, 5.41) is 2.57. The summed E-state index contributed by atoms with van der Waals surface area (Å²) in [5.41, 5.74) is -0.903. The van der Waals surface area contributed by atoms with Gasteiger partial charge in [-0.05, 0) is 12.8 Å². The zero-order chi connectivity index (χ0) is 17.8. The van der Waals surface area contributed by atoms with E-state index in [1.807, 2.05) is 0 Å². The van der Waals surface area contributed by atoms with Crippen LogP contribution in [0, 0.1) is 5.41 Å². The number of esters is 2. The van der Waals surface area contributed by atoms with Crippen molar-refractivity contribution in [2.24, 2.45) is 5.41 Å². The van der Waals surface area contributed by atoms with E-state index < -0.39 is 52.0 Å². The topological polar surface area (TPSA) is 136 Å². The lowest BCUT2D eigenvalue weighted by atomic mass is 9.79. The van der Waals surface area contributed by atoms with Crippen LogP contribution in [0.2, 0.25) is 0 Å². The minimum Gasteiger partial charge on any atom is -0.451 e. The summed E-state index contributed by atoms with van der Waals surface area (Å²) in [5.74, 6) is -2.28. The third-order valence-corrected chi connectivity index (χ3v) is 4.16. The fourth-order valence-corrected chi connectivity index (χ4v) is 3.03. The van der Waals surface area contributed by atoms with Crippen molar-refractivity contribution >= 4 is 28.0 Å². The molecule has 2 unspecified atom stereocenters. The van der Waals surface area contributed by atoms with Gasteiger partial charge in [-0.2, -0.15) is 8.42 Å². The highest BCUT2D eigenvalue weighted by molar-refractivity contribution is 7.85. The van der Waals surface area contributed by atoms with Gasteiger partial charge in [-0.1, -0.05) is 13.8 Å². The van der Waals surface area contributed by atoms with E-state index in [2.05, 4.69) is 5.32 Å². The van der Waals surface area contributed by atoms with Gasteiger partial charge in [0.25, 0.3) is 10.1 Å². The Labute approximate surface area is 134 Å². The highest BCUT2D eigenvalue weighted by Gasteiger charge is 2.44. The Balaban J connectivity index is 2.83. The highest BCUT2D eigenvalue weighted by atomic mass is 32.2. The van der Waals surface area contributed by atoms with Crippen LogP contribution in [0.4, 0.5) is 0 Å². The second-order valence-electron chi connectivity index (χ2n) is 6.14. The number of ether oxygens (including phenoxy) is 2. The number of rotatable bonds is 7. The van der Waals surface area contributed by atoms with Crippen molar-refractivity contribution < 1.29 is 36.8 Å². The number of cyclic esters (lactones) is 2. The standard InChI is InChI=1S/C13H21NO8S/c1-8(15)14-9(4-5-23(18,19)20)6-13(2,3)11-12(17)21-7-10(16)22-11/h9,11H,4-7H2,1-3H3,(H,14,15)(H,18,19,20). The van der Waals surface area contributed by atoms with Crippen LogP contribution in [0.15, 0.2) is 0 Å². The lowest BCUT2D eigenvalue weighted by molar-refractivity contribution is -0.194.